The number of amides is 1. The zero-order chi connectivity index (χ0) is 18.8. The Morgan fingerprint density at radius 3 is 2.69 bits per heavy atom. The molecule has 0 spiro atoms. The topological polar surface area (TPSA) is 95.8 Å². The van der Waals surface area contributed by atoms with E-state index in [4.69, 9.17) is 14.2 Å². The fourth-order valence-electron chi connectivity index (χ4n) is 2.48. The highest BCUT2D eigenvalue weighted by molar-refractivity contribution is 6.06. The predicted octanol–water partition coefficient (Wildman–Crippen LogP) is 0.972. The van der Waals surface area contributed by atoms with E-state index in [-0.39, 0.29) is 5.57 Å². The number of hydrogen-bond donors (Lipinski definition) is 2. The van der Waals surface area contributed by atoms with Crippen LogP contribution >= 0.6 is 0 Å². The second-order valence-electron chi connectivity index (χ2n) is 5.60. The van der Waals surface area contributed by atoms with Gasteiger partial charge in [-0.05, 0) is 12.1 Å². The molecule has 1 aliphatic rings. The molecule has 0 aliphatic carbocycles. The molecule has 8 heteroatoms. The third-order valence-corrected chi connectivity index (χ3v) is 3.93. The van der Waals surface area contributed by atoms with Gasteiger partial charge in [0, 0.05) is 44.1 Å². The van der Waals surface area contributed by atoms with Gasteiger partial charge in [0.05, 0.1) is 27.4 Å². The van der Waals surface area contributed by atoms with Crippen molar-refractivity contribution in [3.05, 3.63) is 30.0 Å². The third kappa shape index (κ3) is 5.65. The van der Waals surface area contributed by atoms with Gasteiger partial charge in [-0.25, -0.2) is 0 Å². The largest absolute Gasteiger partial charge is 0.493 e. The normalized spacial score (nSPS) is 15.0. The zero-order valence-corrected chi connectivity index (χ0v) is 15.1. The van der Waals surface area contributed by atoms with E-state index < -0.39 is 5.91 Å². The summed E-state index contributed by atoms with van der Waals surface area (Å²) in [5, 5.41) is 14.9. The number of benzene rings is 1. The summed E-state index contributed by atoms with van der Waals surface area (Å²) in [6, 6.07) is 6.91. The molecule has 1 amide bonds. The summed E-state index contributed by atoms with van der Waals surface area (Å²) in [7, 11) is 3.05. The molecular formula is C18H24N4O4. The number of carbonyl (C=O) groups excluding carboxylic acids is 1. The Balaban J connectivity index is 1.88. The summed E-state index contributed by atoms with van der Waals surface area (Å²) in [6.45, 7) is 4.76. The zero-order valence-electron chi connectivity index (χ0n) is 15.1. The molecule has 26 heavy (non-hydrogen) atoms. The van der Waals surface area contributed by atoms with Crippen LogP contribution in [0.3, 0.4) is 0 Å². The Kier molecular flexibility index (Phi) is 7.74. The molecule has 0 radical (unpaired) electrons. The summed E-state index contributed by atoms with van der Waals surface area (Å²) in [5.74, 6) is 0.571. The van der Waals surface area contributed by atoms with Crippen LogP contribution in [0.5, 0.6) is 11.5 Å². The second kappa shape index (κ2) is 10.3. The first-order chi connectivity index (χ1) is 12.7. The van der Waals surface area contributed by atoms with Crippen LogP contribution < -0.4 is 20.1 Å². The van der Waals surface area contributed by atoms with Gasteiger partial charge in [-0.3, -0.25) is 9.69 Å². The first-order valence-corrected chi connectivity index (χ1v) is 8.35. The standard InChI is InChI=1S/C18H24N4O4/c1-24-16-4-3-15(11-17(16)25-2)21-18(23)14(12-19)13-20-5-6-22-7-9-26-10-8-22/h3-4,11,13,20H,5-10H2,1-2H3,(H,21,23)/b14-13-. The molecule has 1 heterocycles. The number of nitriles is 1. The van der Waals surface area contributed by atoms with Gasteiger partial charge in [0.1, 0.15) is 11.6 Å². The fourth-order valence-corrected chi connectivity index (χ4v) is 2.48. The van der Waals surface area contributed by atoms with Crippen LogP contribution in [0.1, 0.15) is 0 Å². The molecule has 0 aromatic heterocycles. The number of nitrogens with zero attached hydrogens (tertiary/aromatic N) is 2. The van der Waals surface area contributed by atoms with Gasteiger partial charge in [0.2, 0.25) is 0 Å². The van der Waals surface area contributed by atoms with Crippen LogP contribution in [0.2, 0.25) is 0 Å². The number of carbonyl (C=O) groups is 1. The fraction of sp³-hybridized carbons (Fsp3) is 0.444. The van der Waals surface area contributed by atoms with Crippen LogP contribution in [0.25, 0.3) is 0 Å². The van der Waals surface area contributed by atoms with Crippen molar-refractivity contribution in [1.29, 1.82) is 5.26 Å². The molecule has 8 nitrogen and oxygen atoms in total. The van der Waals surface area contributed by atoms with Gasteiger partial charge in [-0.1, -0.05) is 0 Å². The number of morpholine rings is 1. The van der Waals surface area contributed by atoms with Crippen molar-refractivity contribution in [1.82, 2.24) is 10.2 Å². The maximum Gasteiger partial charge on any atom is 0.267 e. The molecule has 2 N–H and O–H groups in total. The summed E-state index contributed by atoms with van der Waals surface area (Å²) in [5.41, 5.74) is 0.517. The minimum atomic E-state index is -0.487. The molecule has 1 aliphatic heterocycles. The Morgan fingerprint density at radius 1 is 1.31 bits per heavy atom. The molecule has 0 unspecified atom stereocenters. The molecule has 140 valence electrons. The molecule has 0 bridgehead atoms. The van der Waals surface area contributed by atoms with Crippen LogP contribution in [-0.4, -0.2) is 64.4 Å². The van der Waals surface area contributed by atoms with Crippen molar-refractivity contribution in [2.45, 2.75) is 0 Å². The molecule has 0 saturated carbocycles. The average Bonchev–Trinajstić information content (AvgIpc) is 2.68. The van der Waals surface area contributed by atoms with Crippen LogP contribution in [0, 0.1) is 11.3 Å². The quantitative estimate of drug-likeness (QED) is 0.405. The molecule has 1 aromatic rings. The molecule has 1 saturated heterocycles. The van der Waals surface area contributed by atoms with E-state index in [1.807, 2.05) is 6.07 Å². The van der Waals surface area contributed by atoms with Crippen molar-refractivity contribution in [3.8, 4) is 17.6 Å². The Hall–Kier alpha value is -2.76. The SMILES string of the molecule is COc1ccc(NC(=O)/C(C#N)=C\NCCN2CCOCC2)cc1OC. The maximum atomic E-state index is 12.3. The summed E-state index contributed by atoms with van der Waals surface area (Å²) in [4.78, 5) is 14.5. The van der Waals surface area contributed by atoms with Crippen LogP contribution in [-0.2, 0) is 9.53 Å². The number of methoxy groups -OCH3 is 2. The molecule has 0 atom stereocenters. The summed E-state index contributed by atoms with van der Waals surface area (Å²) < 4.78 is 15.7. The van der Waals surface area contributed by atoms with Gasteiger partial charge < -0.3 is 24.8 Å². The highest BCUT2D eigenvalue weighted by atomic mass is 16.5. The lowest BCUT2D eigenvalue weighted by atomic mass is 10.2. The number of nitrogens with one attached hydrogen (secondary N) is 2. The van der Waals surface area contributed by atoms with E-state index >= 15 is 0 Å². The highest BCUT2D eigenvalue weighted by Crippen LogP contribution is 2.29. The Bertz CT molecular complexity index is 678. The van der Waals surface area contributed by atoms with Crippen molar-refractivity contribution in [2.75, 3.05) is 58.9 Å². The minimum absolute atomic E-state index is 0.00163. The van der Waals surface area contributed by atoms with Crippen LogP contribution in [0.15, 0.2) is 30.0 Å². The van der Waals surface area contributed by atoms with Crippen molar-refractivity contribution >= 4 is 11.6 Å². The number of anilines is 1. The molecular weight excluding hydrogens is 336 g/mol. The highest BCUT2D eigenvalue weighted by Gasteiger charge is 2.12. The van der Waals surface area contributed by atoms with Gasteiger partial charge >= 0.3 is 0 Å². The van der Waals surface area contributed by atoms with E-state index in [2.05, 4.69) is 15.5 Å². The molecule has 1 aromatic carbocycles. The van der Waals surface area contributed by atoms with Crippen molar-refractivity contribution in [2.24, 2.45) is 0 Å². The van der Waals surface area contributed by atoms with Gasteiger partial charge in [-0.2, -0.15) is 5.26 Å². The number of hydrogen-bond acceptors (Lipinski definition) is 7. The second-order valence-corrected chi connectivity index (χ2v) is 5.60. The lowest BCUT2D eigenvalue weighted by Crippen LogP contribution is -2.39. The average molecular weight is 360 g/mol. The van der Waals surface area contributed by atoms with E-state index in [0.717, 1.165) is 32.8 Å². The van der Waals surface area contributed by atoms with Crippen molar-refractivity contribution in [3.63, 3.8) is 0 Å². The summed E-state index contributed by atoms with van der Waals surface area (Å²) >= 11 is 0. The van der Waals surface area contributed by atoms with E-state index in [1.54, 1.807) is 18.2 Å². The molecule has 2 rings (SSSR count). The van der Waals surface area contributed by atoms with Gasteiger partial charge in [-0.15, -0.1) is 0 Å². The number of rotatable bonds is 8. The molecule has 1 fully saturated rings. The third-order valence-electron chi connectivity index (χ3n) is 3.93. The Labute approximate surface area is 153 Å². The minimum Gasteiger partial charge on any atom is -0.493 e. The lowest BCUT2D eigenvalue weighted by Gasteiger charge is -2.26. The first kappa shape index (κ1) is 19.6. The monoisotopic (exact) mass is 360 g/mol. The van der Waals surface area contributed by atoms with Crippen LogP contribution in [0.4, 0.5) is 5.69 Å². The van der Waals surface area contributed by atoms with E-state index in [9.17, 15) is 10.1 Å². The first-order valence-electron chi connectivity index (χ1n) is 8.35. The smallest absolute Gasteiger partial charge is 0.267 e. The Morgan fingerprint density at radius 2 is 2.04 bits per heavy atom. The van der Waals surface area contributed by atoms with Gasteiger partial charge in [0.15, 0.2) is 11.5 Å². The van der Waals surface area contributed by atoms with Gasteiger partial charge in [0.25, 0.3) is 5.91 Å². The number of ether oxygens (including phenoxy) is 3. The predicted molar refractivity (Wildman–Crippen MR) is 97.1 cm³/mol. The van der Waals surface area contributed by atoms with Crippen molar-refractivity contribution < 1.29 is 19.0 Å². The lowest BCUT2D eigenvalue weighted by molar-refractivity contribution is -0.112. The van der Waals surface area contributed by atoms with E-state index in [1.165, 1.54) is 20.4 Å². The van der Waals surface area contributed by atoms with E-state index in [0.29, 0.717) is 23.7 Å². The summed E-state index contributed by atoms with van der Waals surface area (Å²) in [6.07, 6.45) is 1.44. The maximum absolute atomic E-state index is 12.3.